The summed E-state index contributed by atoms with van der Waals surface area (Å²) in [4.78, 5) is 26.0. The Morgan fingerprint density at radius 1 is 0.950 bits per heavy atom. The molecule has 0 saturated heterocycles. The van der Waals surface area contributed by atoms with Gasteiger partial charge in [0.25, 0.3) is 0 Å². The highest BCUT2D eigenvalue weighted by Crippen LogP contribution is 2.70. The fraction of sp³-hybridized carbons (Fsp3) is 0.829. The molecule has 1 N–H and O–H groups in total. The summed E-state index contributed by atoms with van der Waals surface area (Å²) < 4.78 is 12.0. The Kier molecular flexibility index (Phi) is 7.21. The van der Waals surface area contributed by atoms with Gasteiger partial charge in [0.05, 0.1) is 16.4 Å². The summed E-state index contributed by atoms with van der Waals surface area (Å²) >= 11 is 0. The topological polar surface area (TPSA) is 72.8 Å². The van der Waals surface area contributed by atoms with Gasteiger partial charge < -0.3 is 14.6 Å². The van der Waals surface area contributed by atoms with E-state index in [1.54, 1.807) is 6.08 Å². The minimum absolute atomic E-state index is 0.000586. The van der Waals surface area contributed by atoms with Gasteiger partial charge in [-0.25, -0.2) is 4.79 Å². The molecule has 1 spiro atoms. The quantitative estimate of drug-likeness (QED) is 0.300. The van der Waals surface area contributed by atoms with Crippen molar-refractivity contribution in [3.05, 3.63) is 11.6 Å². The second-order valence-corrected chi connectivity index (χ2v) is 15.2. The molecule has 5 nitrogen and oxygen atoms in total. The zero-order valence-electron chi connectivity index (χ0n) is 25.1. The Bertz CT molecular complexity index is 1120. The summed E-state index contributed by atoms with van der Waals surface area (Å²) in [5.74, 6) is 7.51. The Balaban J connectivity index is 1.46. The fourth-order valence-corrected chi connectivity index (χ4v) is 10.8. The van der Waals surface area contributed by atoms with Crippen LogP contribution in [0.4, 0.5) is 0 Å². The molecule has 0 aromatic carbocycles. The third-order valence-corrected chi connectivity index (χ3v) is 13.0. The van der Waals surface area contributed by atoms with Crippen LogP contribution in [0, 0.1) is 45.3 Å². The lowest BCUT2D eigenvalue weighted by molar-refractivity contribution is -0.278. The molecule has 4 aliphatic carbocycles. The molecule has 5 heteroatoms. The molecule has 0 aromatic heterocycles. The maximum absolute atomic E-state index is 14.2. The van der Waals surface area contributed by atoms with Crippen LogP contribution in [0.15, 0.2) is 11.6 Å². The van der Waals surface area contributed by atoms with Crippen molar-refractivity contribution in [2.24, 2.45) is 33.5 Å². The van der Waals surface area contributed by atoms with E-state index in [1.165, 1.54) is 38.5 Å². The molecule has 6 unspecified atom stereocenters. The Morgan fingerprint density at radius 2 is 1.68 bits per heavy atom. The Morgan fingerprint density at radius 3 is 2.38 bits per heavy atom. The van der Waals surface area contributed by atoms with Gasteiger partial charge in [0, 0.05) is 30.3 Å². The summed E-state index contributed by atoms with van der Waals surface area (Å²) in [6.45, 7) is 7.23. The second kappa shape index (κ2) is 10.2. The number of carbonyl (C=O) groups is 2. The number of hydrogen-bond donors (Lipinski definition) is 1. The second-order valence-electron chi connectivity index (χ2n) is 15.2. The molecule has 2 bridgehead atoms. The normalized spacial score (nSPS) is 43.2. The first-order chi connectivity index (χ1) is 19.1. The fourth-order valence-electron chi connectivity index (χ4n) is 10.8. The average Bonchev–Trinajstić information content (AvgIpc) is 3.37. The highest BCUT2D eigenvalue weighted by molar-refractivity contribution is 5.85. The highest BCUT2D eigenvalue weighted by Gasteiger charge is 2.71. The van der Waals surface area contributed by atoms with Crippen LogP contribution in [-0.4, -0.2) is 35.4 Å². The molecule has 2 heterocycles. The smallest absolute Gasteiger partial charge is 0.331 e. The number of fused-ring (bicyclic) bond motifs is 4. The van der Waals surface area contributed by atoms with Crippen molar-refractivity contribution >= 4 is 11.9 Å². The van der Waals surface area contributed by atoms with Crippen molar-refractivity contribution in [2.75, 3.05) is 6.61 Å². The zero-order valence-corrected chi connectivity index (χ0v) is 25.1. The van der Waals surface area contributed by atoms with Crippen molar-refractivity contribution in [3.8, 4) is 11.8 Å². The van der Waals surface area contributed by atoms with Crippen molar-refractivity contribution in [2.45, 2.75) is 142 Å². The van der Waals surface area contributed by atoms with Gasteiger partial charge in [0.15, 0.2) is 0 Å². The molecule has 6 aliphatic rings. The van der Waals surface area contributed by atoms with Crippen LogP contribution < -0.4 is 0 Å². The molecular formula is C35H50O5. The zero-order chi connectivity index (χ0) is 28.2. The number of carbonyl (C=O) groups excluding carboxylic acids is 2. The van der Waals surface area contributed by atoms with Gasteiger partial charge in [-0.2, -0.15) is 0 Å². The number of ether oxygens (including phenoxy) is 2. The van der Waals surface area contributed by atoms with E-state index in [9.17, 15) is 14.7 Å². The van der Waals surface area contributed by atoms with Crippen LogP contribution >= 0.6 is 0 Å². The Hall–Kier alpha value is -1.80. The van der Waals surface area contributed by atoms with Crippen LogP contribution in [0.2, 0.25) is 0 Å². The van der Waals surface area contributed by atoms with Crippen molar-refractivity contribution in [1.29, 1.82) is 0 Å². The number of cyclic esters (lactones) is 1. The summed E-state index contributed by atoms with van der Waals surface area (Å²) in [5, 5.41) is 13.2. The molecule has 4 fully saturated rings. The minimum Gasteiger partial charge on any atom is -0.462 e. The van der Waals surface area contributed by atoms with Gasteiger partial charge in [0.2, 0.25) is 0 Å². The van der Waals surface area contributed by atoms with Crippen molar-refractivity contribution in [3.63, 3.8) is 0 Å². The summed E-state index contributed by atoms with van der Waals surface area (Å²) in [5.41, 5.74) is -1.79. The van der Waals surface area contributed by atoms with Crippen LogP contribution in [0.1, 0.15) is 130 Å². The van der Waals surface area contributed by atoms with Gasteiger partial charge in [-0.15, -0.1) is 5.92 Å². The van der Waals surface area contributed by atoms with Crippen LogP contribution in [0.25, 0.3) is 0 Å². The maximum Gasteiger partial charge on any atom is 0.331 e. The van der Waals surface area contributed by atoms with E-state index >= 15 is 0 Å². The van der Waals surface area contributed by atoms with E-state index in [-0.39, 0.29) is 29.4 Å². The molecule has 40 heavy (non-hydrogen) atoms. The first kappa shape index (κ1) is 28.3. The molecule has 2 aliphatic heterocycles. The summed E-state index contributed by atoms with van der Waals surface area (Å²) in [6.07, 6.45) is 18.1. The lowest BCUT2D eigenvalue weighted by atomic mass is 9.38. The number of rotatable bonds is 4. The molecule has 6 rings (SSSR count). The molecule has 0 radical (unpaired) electrons. The molecule has 4 saturated carbocycles. The van der Waals surface area contributed by atoms with E-state index in [1.807, 2.05) is 0 Å². The molecule has 6 atom stereocenters. The maximum atomic E-state index is 14.2. The van der Waals surface area contributed by atoms with Crippen molar-refractivity contribution < 1.29 is 24.2 Å². The van der Waals surface area contributed by atoms with Gasteiger partial charge in [-0.3, -0.25) is 4.79 Å². The monoisotopic (exact) mass is 550 g/mol. The lowest BCUT2D eigenvalue weighted by Crippen LogP contribution is -2.71. The minimum atomic E-state index is -1.08. The number of aliphatic hydroxyl groups is 1. The lowest BCUT2D eigenvalue weighted by Gasteiger charge is -2.69. The third kappa shape index (κ3) is 4.29. The van der Waals surface area contributed by atoms with E-state index < -0.39 is 21.8 Å². The first-order valence-corrected chi connectivity index (χ1v) is 16.4. The molecule has 0 amide bonds. The van der Waals surface area contributed by atoms with E-state index in [4.69, 9.17) is 9.47 Å². The first-order valence-electron chi connectivity index (χ1n) is 16.4. The van der Waals surface area contributed by atoms with Crippen LogP contribution in [0.5, 0.6) is 0 Å². The molecule has 220 valence electrons. The van der Waals surface area contributed by atoms with E-state index in [2.05, 4.69) is 32.6 Å². The van der Waals surface area contributed by atoms with Crippen LogP contribution in [0.3, 0.4) is 0 Å². The highest BCUT2D eigenvalue weighted by atomic mass is 16.5. The molecular weight excluding hydrogens is 500 g/mol. The standard InChI is InChI=1S/C35H50O5/c1-31-15-10-20-34(18-8-5-9-19-34)30(37)40-27(23-31)29-32(2,26-12-6-4-7-13-26)16-11-17-33(29,3)35(31,38)21-14-25-22-28(36)39-24-25/h22,26-27,29,38H,4-9,11-14,16-21,23-24H2,1-3H3. The van der Waals surface area contributed by atoms with Gasteiger partial charge in [-0.05, 0) is 75.2 Å². The SMILES string of the molecule is CC1(C2CCCCC2)CCCC2(C)C1C1CC(C)(C#CCC3(CCCCC3)C(=O)O1)C2(O)CCC1=CC(=O)OC1. The van der Waals surface area contributed by atoms with Crippen molar-refractivity contribution in [1.82, 2.24) is 0 Å². The van der Waals surface area contributed by atoms with Gasteiger partial charge in [0.1, 0.15) is 12.7 Å². The van der Waals surface area contributed by atoms with Crippen LogP contribution in [-0.2, 0) is 19.1 Å². The summed E-state index contributed by atoms with van der Waals surface area (Å²) in [6, 6.07) is 0. The molecule has 0 aromatic rings. The Labute approximate surface area is 241 Å². The summed E-state index contributed by atoms with van der Waals surface area (Å²) in [7, 11) is 0. The van der Waals surface area contributed by atoms with Gasteiger partial charge in [-0.1, -0.05) is 64.7 Å². The largest absolute Gasteiger partial charge is 0.462 e. The number of hydrogen-bond acceptors (Lipinski definition) is 5. The predicted molar refractivity (Wildman–Crippen MR) is 154 cm³/mol. The average molecular weight is 551 g/mol. The van der Waals surface area contributed by atoms with E-state index in [0.717, 1.165) is 50.5 Å². The number of esters is 2. The van der Waals surface area contributed by atoms with Gasteiger partial charge >= 0.3 is 11.9 Å². The third-order valence-electron chi connectivity index (χ3n) is 13.0. The predicted octanol–water partition coefficient (Wildman–Crippen LogP) is 7.05. The van der Waals surface area contributed by atoms with E-state index in [0.29, 0.717) is 38.2 Å².